The van der Waals surface area contributed by atoms with Crippen molar-refractivity contribution in [3.05, 3.63) is 33.0 Å². The Kier molecular flexibility index (Phi) is 4.92. The molecule has 0 saturated carbocycles. The third kappa shape index (κ3) is 3.05. The molecule has 13 heteroatoms. The number of hydrogen-bond acceptors (Lipinski definition) is 10. The minimum Gasteiger partial charge on any atom is -0.504 e. The van der Waals surface area contributed by atoms with Crippen LogP contribution in [0.15, 0.2) is 11.6 Å². The van der Waals surface area contributed by atoms with Crippen LogP contribution in [-0.2, 0) is 20.7 Å². The van der Waals surface area contributed by atoms with Crippen molar-refractivity contribution < 1.29 is 24.2 Å². The SMILES string of the molecule is CC1CN2c3c(nc(C(=N)c4nccs4)c(O)c3Cl)CC3(C(=O)NC(=O)NC3=O)C2C(C)O1. The van der Waals surface area contributed by atoms with Crippen LogP contribution in [0.25, 0.3) is 0 Å². The summed E-state index contributed by atoms with van der Waals surface area (Å²) in [5, 5.41) is 25.7. The number of hydrogen-bond donors (Lipinski definition) is 4. The lowest BCUT2D eigenvalue weighted by molar-refractivity contribution is -0.153. The largest absolute Gasteiger partial charge is 0.504 e. The van der Waals surface area contributed by atoms with Gasteiger partial charge in [0.2, 0.25) is 11.8 Å². The molecule has 4 N–H and O–H groups in total. The van der Waals surface area contributed by atoms with Gasteiger partial charge in [0.25, 0.3) is 0 Å². The summed E-state index contributed by atoms with van der Waals surface area (Å²) < 4.78 is 5.95. The standard InChI is InChI=1S/C20H19ClN6O5S/c1-7-6-27-13-9(24-12(14(28)10(13)21)11(22)16-23-3-4-33-16)5-20(15(27)8(2)32-7)17(29)25-19(31)26-18(20)30/h3-4,7-8,15,22,28H,5-6H2,1-2H3,(H2,25,26,29,30,31). The molecule has 5 heterocycles. The van der Waals surface area contributed by atoms with Crippen molar-refractivity contribution in [2.24, 2.45) is 5.41 Å². The number of imide groups is 2. The third-order valence-corrected chi connectivity index (χ3v) is 7.38. The second kappa shape index (κ2) is 7.47. The van der Waals surface area contributed by atoms with Crippen molar-refractivity contribution in [1.82, 2.24) is 20.6 Å². The van der Waals surface area contributed by atoms with E-state index in [0.29, 0.717) is 10.7 Å². The van der Waals surface area contributed by atoms with Gasteiger partial charge in [-0.25, -0.2) is 14.8 Å². The zero-order chi connectivity index (χ0) is 23.7. The van der Waals surface area contributed by atoms with Crippen LogP contribution < -0.4 is 15.5 Å². The Morgan fingerprint density at radius 2 is 2.03 bits per heavy atom. The van der Waals surface area contributed by atoms with Crippen molar-refractivity contribution in [3.63, 3.8) is 0 Å². The second-order valence-corrected chi connectivity index (χ2v) is 9.54. The smallest absolute Gasteiger partial charge is 0.328 e. The van der Waals surface area contributed by atoms with Crippen LogP contribution in [0.3, 0.4) is 0 Å². The second-order valence-electron chi connectivity index (χ2n) is 8.27. The summed E-state index contributed by atoms with van der Waals surface area (Å²) in [5.41, 5.74) is -1.34. The number of aromatic nitrogens is 2. The molecule has 3 unspecified atom stereocenters. The van der Waals surface area contributed by atoms with E-state index < -0.39 is 35.4 Å². The molecule has 2 fully saturated rings. The first-order chi connectivity index (χ1) is 15.6. The van der Waals surface area contributed by atoms with Gasteiger partial charge in [-0.05, 0) is 13.8 Å². The van der Waals surface area contributed by atoms with E-state index in [1.54, 1.807) is 17.2 Å². The molecular weight excluding hydrogens is 472 g/mol. The normalized spacial score (nSPS) is 25.8. The zero-order valence-electron chi connectivity index (χ0n) is 17.5. The van der Waals surface area contributed by atoms with Gasteiger partial charge in [0.05, 0.1) is 29.6 Å². The first-order valence-electron chi connectivity index (χ1n) is 10.1. The summed E-state index contributed by atoms with van der Waals surface area (Å²) in [6.07, 6.45) is 0.463. The Hall–Kier alpha value is -3.09. The van der Waals surface area contributed by atoms with Crippen molar-refractivity contribution in [2.75, 3.05) is 11.4 Å². The number of amides is 4. The minimum absolute atomic E-state index is 0.0369. The molecule has 3 aliphatic rings. The molecule has 2 saturated heterocycles. The number of nitrogens with zero attached hydrogens (tertiary/aromatic N) is 3. The molecule has 0 aliphatic carbocycles. The number of morpholine rings is 1. The Balaban J connectivity index is 1.73. The number of anilines is 1. The van der Waals surface area contributed by atoms with Crippen LogP contribution in [0, 0.1) is 10.8 Å². The number of aromatic hydroxyl groups is 1. The lowest BCUT2D eigenvalue weighted by atomic mass is 9.67. The zero-order valence-corrected chi connectivity index (χ0v) is 19.1. The van der Waals surface area contributed by atoms with E-state index in [2.05, 4.69) is 20.6 Å². The van der Waals surface area contributed by atoms with Gasteiger partial charge in [-0.3, -0.25) is 25.6 Å². The van der Waals surface area contributed by atoms with Crippen LogP contribution in [0.4, 0.5) is 10.5 Å². The van der Waals surface area contributed by atoms with Gasteiger partial charge in [-0.1, -0.05) is 11.6 Å². The predicted molar refractivity (Wildman–Crippen MR) is 118 cm³/mol. The highest BCUT2D eigenvalue weighted by atomic mass is 35.5. The quantitative estimate of drug-likeness (QED) is 0.361. The van der Waals surface area contributed by atoms with Crippen molar-refractivity contribution in [3.8, 4) is 5.75 Å². The van der Waals surface area contributed by atoms with Gasteiger partial charge in [-0.2, -0.15) is 0 Å². The summed E-state index contributed by atoms with van der Waals surface area (Å²) in [4.78, 5) is 48.5. The molecule has 0 bridgehead atoms. The summed E-state index contributed by atoms with van der Waals surface area (Å²) >= 11 is 7.82. The molecule has 11 nitrogen and oxygen atoms in total. The highest BCUT2D eigenvalue weighted by Gasteiger charge is 2.63. The van der Waals surface area contributed by atoms with E-state index in [1.165, 1.54) is 17.5 Å². The highest BCUT2D eigenvalue weighted by Crippen LogP contribution is 2.50. The average molecular weight is 491 g/mol. The number of ether oxygens (including phenoxy) is 1. The fraction of sp³-hybridized carbons (Fsp3) is 0.400. The average Bonchev–Trinajstić information content (AvgIpc) is 3.28. The molecular formula is C20H19ClN6O5S. The van der Waals surface area contributed by atoms with Crippen LogP contribution in [-0.4, -0.2) is 63.4 Å². The van der Waals surface area contributed by atoms with Gasteiger partial charge in [0.1, 0.15) is 21.4 Å². The lowest BCUT2D eigenvalue weighted by Gasteiger charge is -2.55. The first-order valence-corrected chi connectivity index (χ1v) is 11.4. The Labute approximate surface area is 196 Å². The Morgan fingerprint density at radius 3 is 2.67 bits per heavy atom. The topological polar surface area (TPSA) is 158 Å². The number of rotatable bonds is 2. The number of urea groups is 1. The molecule has 5 rings (SSSR count). The van der Waals surface area contributed by atoms with E-state index in [4.69, 9.17) is 21.7 Å². The van der Waals surface area contributed by atoms with E-state index in [0.717, 1.165) is 0 Å². The molecule has 3 aliphatic heterocycles. The Morgan fingerprint density at radius 1 is 1.33 bits per heavy atom. The molecule has 3 atom stereocenters. The number of carbonyl (C=O) groups excluding carboxylic acids is 3. The molecule has 1 spiro atoms. The molecule has 2 aromatic rings. The van der Waals surface area contributed by atoms with E-state index in [9.17, 15) is 19.5 Å². The number of barbiturate groups is 1. The Bertz CT molecular complexity index is 1200. The van der Waals surface area contributed by atoms with Crippen LogP contribution in [0.5, 0.6) is 5.75 Å². The summed E-state index contributed by atoms with van der Waals surface area (Å²) in [6.45, 7) is 3.85. The molecule has 2 aromatic heterocycles. The molecule has 0 radical (unpaired) electrons. The van der Waals surface area contributed by atoms with Gasteiger partial charge in [0, 0.05) is 24.5 Å². The molecule has 172 valence electrons. The first kappa shape index (κ1) is 21.7. The maximum atomic E-state index is 13.2. The predicted octanol–water partition coefficient (Wildman–Crippen LogP) is 1.20. The van der Waals surface area contributed by atoms with Crippen molar-refractivity contribution in [2.45, 2.75) is 38.5 Å². The van der Waals surface area contributed by atoms with E-state index in [-0.39, 0.29) is 46.9 Å². The van der Waals surface area contributed by atoms with Gasteiger partial charge < -0.3 is 14.7 Å². The molecule has 33 heavy (non-hydrogen) atoms. The van der Waals surface area contributed by atoms with Gasteiger partial charge >= 0.3 is 6.03 Å². The fourth-order valence-corrected chi connectivity index (χ4v) is 5.90. The van der Waals surface area contributed by atoms with Gasteiger partial charge in [0.15, 0.2) is 11.2 Å². The third-order valence-electron chi connectivity index (χ3n) is 6.23. The minimum atomic E-state index is -1.73. The molecule has 0 aromatic carbocycles. The van der Waals surface area contributed by atoms with E-state index >= 15 is 0 Å². The number of fused-ring (bicyclic) bond motifs is 4. The lowest BCUT2D eigenvalue weighted by Crippen LogP contribution is -2.75. The molecule has 4 amide bonds. The number of nitrogens with one attached hydrogen (secondary N) is 3. The van der Waals surface area contributed by atoms with Crippen molar-refractivity contribution in [1.29, 1.82) is 5.41 Å². The van der Waals surface area contributed by atoms with Crippen molar-refractivity contribution >= 4 is 52.2 Å². The highest BCUT2D eigenvalue weighted by molar-refractivity contribution is 7.11. The number of halogens is 1. The monoisotopic (exact) mass is 490 g/mol. The maximum Gasteiger partial charge on any atom is 0.328 e. The fourth-order valence-electron chi connectivity index (χ4n) is 5.01. The van der Waals surface area contributed by atoms with E-state index in [1.807, 2.05) is 6.92 Å². The summed E-state index contributed by atoms with van der Waals surface area (Å²) in [5.74, 6) is -1.90. The van der Waals surface area contributed by atoms with Gasteiger partial charge in [-0.15, -0.1) is 11.3 Å². The number of pyridine rings is 1. The van der Waals surface area contributed by atoms with Crippen LogP contribution in [0.1, 0.15) is 30.2 Å². The number of thiazole rings is 1. The number of carbonyl (C=O) groups is 3. The summed E-state index contributed by atoms with van der Waals surface area (Å²) in [6, 6.07) is -1.70. The maximum absolute atomic E-state index is 13.2. The van der Waals surface area contributed by atoms with Crippen LogP contribution >= 0.6 is 22.9 Å². The van der Waals surface area contributed by atoms with Crippen LogP contribution in [0.2, 0.25) is 5.02 Å². The summed E-state index contributed by atoms with van der Waals surface area (Å²) in [7, 11) is 0.